The summed E-state index contributed by atoms with van der Waals surface area (Å²) in [4.78, 5) is 0. The molecule has 1 N–H and O–H groups in total. The Bertz CT molecular complexity index is 387. The van der Waals surface area contributed by atoms with E-state index in [2.05, 4.69) is 4.72 Å². The van der Waals surface area contributed by atoms with E-state index in [1.165, 1.54) is 0 Å². The van der Waals surface area contributed by atoms with Crippen LogP contribution >= 0.6 is 11.6 Å². The minimum atomic E-state index is -3.82. The van der Waals surface area contributed by atoms with E-state index >= 15 is 0 Å². The van der Waals surface area contributed by atoms with Crippen molar-refractivity contribution in [3.63, 3.8) is 0 Å². The number of hydrogen-bond acceptors (Lipinski definition) is 4. The van der Waals surface area contributed by atoms with Crippen molar-refractivity contribution < 1.29 is 16.8 Å². The molecule has 0 aliphatic heterocycles. The molecule has 0 saturated heterocycles. The topological polar surface area (TPSA) is 80.3 Å². The van der Waals surface area contributed by atoms with Crippen LogP contribution in [0, 0.1) is 5.92 Å². The van der Waals surface area contributed by atoms with Gasteiger partial charge in [0.05, 0.1) is 0 Å². The molecule has 0 spiro atoms. The normalized spacial score (nSPS) is 15.5. The van der Waals surface area contributed by atoms with Crippen molar-refractivity contribution in [1.29, 1.82) is 0 Å². The number of sulfonamides is 1. The molecule has 0 aliphatic rings. The summed E-state index contributed by atoms with van der Waals surface area (Å²) in [7, 11) is -7.37. The van der Waals surface area contributed by atoms with E-state index < -0.39 is 31.0 Å². The quantitative estimate of drug-likeness (QED) is 0.702. The molecule has 0 fully saturated rings. The van der Waals surface area contributed by atoms with E-state index in [4.69, 9.17) is 11.6 Å². The number of rotatable bonds is 6. The highest BCUT2D eigenvalue weighted by atomic mass is 35.5. The lowest BCUT2D eigenvalue weighted by molar-refractivity contribution is 0.481. The first kappa shape index (κ1) is 15.2. The summed E-state index contributed by atoms with van der Waals surface area (Å²) >= 11 is 5.56. The third-order valence-electron chi connectivity index (χ3n) is 1.67. The van der Waals surface area contributed by atoms with Gasteiger partial charge in [0, 0.05) is 18.2 Å². The fraction of sp³-hybridized carbons (Fsp3) is 1.00. The Kier molecular flexibility index (Phi) is 5.52. The lowest BCUT2D eigenvalue weighted by Gasteiger charge is -2.19. The van der Waals surface area contributed by atoms with Gasteiger partial charge in [-0.15, -0.1) is 11.6 Å². The Morgan fingerprint density at radius 2 is 1.67 bits per heavy atom. The minimum absolute atomic E-state index is 0.0110. The van der Waals surface area contributed by atoms with Crippen LogP contribution in [-0.4, -0.2) is 40.1 Å². The molecule has 92 valence electrons. The lowest BCUT2D eigenvalue weighted by atomic mass is 10.1. The molecular weight excluding hydrogens is 262 g/mol. The molecule has 0 amide bonds. The van der Waals surface area contributed by atoms with Crippen LogP contribution in [0.3, 0.4) is 0 Å². The largest absolute Gasteiger partial charge is 0.228 e. The van der Waals surface area contributed by atoms with Crippen molar-refractivity contribution in [1.82, 2.24) is 4.72 Å². The molecule has 15 heavy (non-hydrogen) atoms. The first-order valence-electron chi connectivity index (χ1n) is 4.31. The van der Waals surface area contributed by atoms with Crippen molar-refractivity contribution in [2.24, 2.45) is 5.92 Å². The zero-order chi connectivity index (χ0) is 12.3. The van der Waals surface area contributed by atoms with E-state index in [1.54, 1.807) is 13.8 Å². The van der Waals surface area contributed by atoms with Gasteiger partial charge < -0.3 is 0 Å². The minimum Gasteiger partial charge on any atom is -0.228 e. The van der Waals surface area contributed by atoms with Crippen LogP contribution in [0.15, 0.2) is 0 Å². The van der Waals surface area contributed by atoms with Crippen LogP contribution in [0.2, 0.25) is 0 Å². The smallest absolute Gasteiger partial charge is 0.226 e. The third-order valence-corrected chi connectivity index (χ3v) is 5.62. The molecule has 0 aromatic rings. The van der Waals surface area contributed by atoms with Gasteiger partial charge in [0.2, 0.25) is 10.0 Å². The van der Waals surface area contributed by atoms with Crippen molar-refractivity contribution in [2.45, 2.75) is 19.9 Å². The molecule has 5 nitrogen and oxygen atoms in total. The van der Waals surface area contributed by atoms with Crippen LogP contribution in [0.1, 0.15) is 13.8 Å². The second-order valence-corrected chi connectivity index (χ2v) is 8.35. The van der Waals surface area contributed by atoms with Crippen LogP contribution in [0.5, 0.6) is 0 Å². The molecule has 8 heteroatoms. The standard InChI is InChI=1S/C7H16ClNO4S2/c1-6(2)7(4-8)9-15(12,13)5-14(3,10)11/h6-7,9H,4-5H2,1-3H3. The number of hydrogen-bond donors (Lipinski definition) is 1. The maximum Gasteiger partial charge on any atom is 0.226 e. The number of sulfone groups is 1. The van der Waals surface area contributed by atoms with Crippen LogP contribution < -0.4 is 4.72 Å². The summed E-state index contributed by atoms with van der Waals surface area (Å²) in [6.07, 6.45) is 0.872. The fourth-order valence-corrected chi connectivity index (χ4v) is 4.76. The van der Waals surface area contributed by atoms with E-state index in [0.29, 0.717) is 0 Å². The fourth-order valence-electron chi connectivity index (χ4n) is 0.892. The molecule has 0 rings (SSSR count). The molecule has 0 aromatic heterocycles. The summed E-state index contributed by atoms with van der Waals surface area (Å²) in [5.74, 6) is 0.123. The summed E-state index contributed by atoms with van der Waals surface area (Å²) < 4.78 is 46.7. The van der Waals surface area contributed by atoms with Gasteiger partial charge in [0.25, 0.3) is 0 Å². The molecular formula is C7H16ClNO4S2. The molecule has 0 bridgehead atoms. The monoisotopic (exact) mass is 277 g/mol. The zero-order valence-corrected chi connectivity index (χ0v) is 11.3. The first-order chi connectivity index (χ1) is 6.57. The van der Waals surface area contributed by atoms with Gasteiger partial charge in [0.15, 0.2) is 14.9 Å². The van der Waals surface area contributed by atoms with Gasteiger partial charge in [-0.2, -0.15) is 0 Å². The highest BCUT2D eigenvalue weighted by molar-refractivity contribution is 8.06. The second kappa shape index (κ2) is 5.47. The van der Waals surface area contributed by atoms with E-state index in [0.717, 1.165) is 6.26 Å². The average Bonchev–Trinajstić information content (AvgIpc) is 1.94. The molecule has 0 radical (unpaired) electrons. The Hall–Kier alpha value is 0.150. The Balaban J connectivity index is 4.65. The SMILES string of the molecule is CC(C)C(CCl)NS(=O)(=O)CS(C)(=O)=O. The van der Waals surface area contributed by atoms with Gasteiger partial charge in [-0.1, -0.05) is 13.8 Å². The zero-order valence-electron chi connectivity index (χ0n) is 8.90. The maximum atomic E-state index is 11.4. The Morgan fingerprint density at radius 1 is 1.20 bits per heavy atom. The summed E-state index contributed by atoms with van der Waals surface area (Å²) in [6, 6.07) is -0.446. The summed E-state index contributed by atoms with van der Waals surface area (Å²) in [5, 5.41) is -0.903. The number of alkyl halides is 1. The second-order valence-electron chi connectivity index (χ2n) is 3.78. The van der Waals surface area contributed by atoms with Crippen molar-refractivity contribution in [2.75, 3.05) is 17.2 Å². The number of nitrogens with one attached hydrogen (secondary N) is 1. The van der Waals surface area contributed by atoms with Gasteiger partial charge in [-0.25, -0.2) is 21.6 Å². The van der Waals surface area contributed by atoms with Crippen molar-refractivity contribution in [3.05, 3.63) is 0 Å². The number of halogens is 1. The predicted octanol–water partition coefficient (Wildman–Crippen LogP) is 0.171. The average molecular weight is 278 g/mol. The van der Waals surface area contributed by atoms with Crippen molar-refractivity contribution >= 4 is 31.5 Å². The van der Waals surface area contributed by atoms with Gasteiger partial charge in [-0.3, -0.25) is 0 Å². The van der Waals surface area contributed by atoms with Gasteiger partial charge in [0.1, 0.15) is 0 Å². The lowest BCUT2D eigenvalue weighted by Crippen LogP contribution is -2.42. The van der Waals surface area contributed by atoms with Gasteiger partial charge in [-0.05, 0) is 5.92 Å². The molecule has 1 atom stereocenters. The van der Waals surface area contributed by atoms with E-state index in [-0.39, 0.29) is 11.8 Å². The highest BCUT2D eigenvalue weighted by Crippen LogP contribution is 2.06. The van der Waals surface area contributed by atoms with Crippen LogP contribution in [-0.2, 0) is 19.9 Å². The molecule has 0 aliphatic carbocycles. The summed E-state index contributed by atoms with van der Waals surface area (Å²) in [6.45, 7) is 3.60. The van der Waals surface area contributed by atoms with E-state index in [1.807, 2.05) is 0 Å². The third kappa shape index (κ3) is 7.10. The Labute approximate surface area is 96.2 Å². The van der Waals surface area contributed by atoms with Gasteiger partial charge >= 0.3 is 0 Å². The molecule has 0 saturated carbocycles. The maximum absolute atomic E-state index is 11.4. The first-order valence-corrected chi connectivity index (χ1v) is 8.56. The highest BCUT2D eigenvalue weighted by Gasteiger charge is 2.23. The molecule has 0 aromatic carbocycles. The molecule has 0 heterocycles. The molecule has 1 unspecified atom stereocenters. The Morgan fingerprint density at radius 3 is 1.93 bits per heavy atom. The van der Waals surface area contributed by atoms with E-state index in [9.17, 15) is 16.8 Å². The summed E-state index contributed by atoms with van der Waals surface area (Å²) in [5.41, 5.74) is 0. The van der Waals surface area contributed by atoms with Crippen LogP contribution in [0.4, 0.5) is 0 Å². The van der Waals surface area contributed by atoms with Crippen LogP contribution in [0.25, 0.3) is 0 Å². The van der Waals surface area contributed by atoms with Crippen molar-refractivity contribution in [3.8, 4) is 0 Å². The predicted molar refractivity (Wildman–Crippen MR) is 61.1 cm³/mol.